The van der Waals surface area contributed by atoms with Crippen LogP contribution in [0, 0.1) is 48.5 Å². The van der Waals surface area contributed by atoms with Crippen LogP contribution in [-0.4, -0.2) is 228 Å². The lowest BCUT2D eigenvalue weighted by atomic mass is 10.2. The van der Waals surface area contributed by atoms with Crippen LogP contribution in [0.15, 0.2) is 96.1 Å². The van der Waals surface area contributed by atoms with Crippen LogP contribution in [0.3, 0.4) is 0 Å². The first-order valence-electron chi connectivity index (χ1n) is 42.3. The SMILES string of the molecule is COP(O)(=S)OC1C[C@H](n2cc(C)c(=O)[nH]c2=O)O[C@@H]1COP(=O)(S)OC1C[C@H](n2cc(C)c(=O)[nH]c2=O)O[C@@H]1COP(O)(=S)OC1C[C@H](n2cc(C)c(N)nc2=O)O[C@@H]1COP(O)(=S)OC1C[C@H](n2cc(C)c(=O)[nH]c2=O)O[C@@H]1COP(O)(=S)OC1C[C@H](n2cc(C)c(N)nc2=O)O[C@@H]1COP(O)(=S)OC1C[C@H](n2cc(C)c(N)nc2=O)O[C@@H]1COP(O)(=S)OC1C[C@H](n2cc(C)c(=O)[nH]c2=O)O[C@@H]1C. The zero-order valence-corrected chi connectivity index (χ0v) is 87.3. The summed E-state index contributed by atoms with van der Waals surface area (Å²) in [5, 5.41) is 0. The molecule has 14 unspecified atom stereocenters. The minimum atomic E-state index is -4.79. The van der Waals surface area contributed by atoms with Gasteiger partial charge in [-0.25, -0.2) is 38.1 Å². The number of nitrogens with zero attached hydrogens (tertiary/aromatic N) is 10. The molecule has 0 aromatic carbocycles. The molecular weight excluding hydrogens is 2160 g/mol. The maximum absolute atomic E-state index is 14.5. The fourth-order valence-electron chi connectivity index (χ4n) is 15.9. The standard InChI is InChI=1S/C71H98N17O39P7S7/c1-30-17-82(65(93)75-58(30)72)52-12-40(46(116-52)25-108-129(101,136)121-38-10-51(114-37(38)8)85-20-33(4)61(89)78-68(85)96)123-131(103,138)110-26-47-41(13-53(117-47)83-18-31(2)59(73)76-66(83)94)124-133(105,140)113-29-50-44(16-57(120-50)88-23-36(7)64(92)81-71(88)99)127-134(106,141)111-27-48-42(14-54(118-48)84-19-32(3)60(74)77-67(84)95)125-132(104,139)112-28-49-43(15-56(119-49)87-22-35(6)63(91)80-70(87)98)126-130(102,137)109-24-45-39(122-128(100,135)107-9)11-55(115-45)86-21-34(5)62(90)79-69(86)97/h17-23,37-57H,10-16,24-29H2,1-9H3,(H,100,135)(H,101,136)(H,102,137)(H,103,138)(H,104,139)(H,105,140)(H,106,141)(H2,72,75,93)(H2,73,76,94)(H2,74,77,95)(H,78,89,96)(H,79,90,97)(H,80,91,98)(H,81,92,99)/t37-,38?,39?,40?,41?,42?,43?,44?,45-,46-,47-,48-,49-,50-,51-,52-,53-,54-,55-,56-,57-,128?,129?,130?,131?,132?,133?,134?/m1/s1. The molecule has 7 fully saturated rings. The maximum atomic E-state index is 14.5. The number of ether oxygens (including phenoxy) is 7. The molecule has 0 aliphatic carbocycles. The molecule has 141 heavy (non-hydrogen) atoms. The van der Waals surface area contributed by atoms with E-state index in [4.69, 9.17) is 185 Å². The van der Waals surface area contributed by atoms with Gasteiger partial charge in [0.1, 0.15) is 104 Å². The van der Waals surface area contributed by atoms with E-state index in [0.717, 1.165) is 51.5 Å². The number of nitrogen functional groups attached to an aromatic ring is 3. The van der Waals surface area contributed by atoms with Gasteiger partial charge in [0.2, 0.25) is 0 Å². The molecule has 0 saturated carbocycles. The van der Waals surface area contributed by atoms with Crippen molar-refractivity contribution in [2.24, 2.45) is 0 Å². The lowest BCUT2D eigenvalue weighted by Crippen LogP contribution is -2.33. The summed E-state index contributed by atoms with van der Waals surface area (Å²) >= 11 is 37.3. The Morgan fingerprint density at radius 2 is 0.532 bits per heavy atom. The summed E-state index contributed by atoms with van der Waals surface area (Å²) in [5.41, 5.74) is 10.2. The van der Waals surface area contributed by atoms with Crippen molar-refractivity contribution in [1.82, 2.24) is 66.9 Å². The van der Waals surface area contributed by atoms with Gasteiger partial charge in [0, 0.05) is 134 Å². The van der Waals surface area contributed by atoms with Gasteiger partial charge in [-0.3, -0.25) is 80.1 Å². The molecule has 14 rings (SSSR count). The lowest BCUT2D eigenvalue weighted by molar-refractivity contribution is -0.0579. The Morgan fingerprint density at radius 1 is 0.333 bits per heavy atom. The molecule has 0 radical (unpaired) electrons. The van der Waals surface area contributed by atoms with Gasteiger partial charge in [-0.2, -0.15) is 15.0 Å². The van der Waals surface area contributed by atoms with Gasteiger partial charge in [-0.1, -0.05) is 12.2 Å². The molecule has 7 aromatic heterocycles. The van der Waals surface area contributed by atoms with E-state index < -0.39 is 297 Å². The highest BCUT2D eigenvalue weighted by atomic mass is 32.7. The summed E-state index contributed by atoms with van der Waals surface area (Å²) in [4.78, 5) is 234. The lowest BCUT2D eigenvalue weighted by Gasteiger charge is -2.28. The number of aromatic amines is 4. The second kappa shape index (κ2) is 44.5. The van der Waals surface area contributed by atoms with Crippen molar-refractivity contribution in [2.75, 3.05) is 64.0 Å². The zero-order valence-electron chi connectivity index (χ0n) is 75.2. The molecule has 0 bridgehead atoms. The van der Waals surface area contributed by atoms with Gasteiger partial charge in [-0.15, -0.1) is 0 Å². The van der Waals surface area contributed by atoms with E-state index in [9.17, 15) is 86.7 Å². The minimum absolute atomic E-state index is 0.0213. The van der Waals surface area contributed by atoms with E-state index in [1.807, 2.05) is 0 Å². The van der Waals surface area contributed by atoms with E-state index in [1.54, 1.807) is 13.8 Å². The van der Waals surface area contributed by atoms with Crippen molar-refractivity contribution in [1.29, 1.82) is 0 Å². The van der Waals surface area contributed by atoms with Gasteiger partial charge in [-0.05, 0) is 126 Å². The first-order valence-corrected chi connectivity index (χ1v) is 60.5. The van der Waals surface area contributed by atoms with Crippen molar-refractivity contribution < 1.29 is 130 Å². The van der Waals surface area contributed by atoms with E-state index in [1.165, 1.54) is 72.5 Å². The van der Waals surface area contributed by atoms with Crippen LogP contribution >= 0.6 is 59.4 Å². The summed E-state index contributed by atoms with van der Waals surface area (Å²) in [5.74, 6) is -0.375. The number of aromatic nitrogens is 14. The van der Waals surface area contributed by atoms with E-state index in [-0.39, 0.29) is 65.4 Å². The molecule has 14 heterocycles. The third kappa shape index (κ3) is 27.5. The molecule has 7 aromatic rings. The fraction of sp³-hybridized carbons (Fsp3) is 0.606. The van der Waals surface area contributed by atoms with Gasteiger partial charge in [0.15, 0.2) is 0 Å². The Morgan fingerprint density at radius 3 is 0.780 bits per heavy atom. The van der Waals surface area contributed by atoms with Crippen molar-refractivity contribution in [3.63, 3.8) is 0 Å². The van der Waals surface area contributed by atoms with Gasteiger partial charge < -0.3 is 134 Å². The average molecular weight is 2250 g/mol. The quantitative estimate of drug-likeness (QED) is 0.0185. The Bertz CT molecular complexity index is 7010. The molecule has 28 atom stereocenters. The van der Waals surface area contributed by atoms with Crippen LogP contribution in [0.1, 0.15) is 134 Å². The number of thiol groups is 1. The molecule has 0 amide bonds. The molecule has 7 aliphatic heterocycles. The molecule has 56 nitrogen and oxygen atoms in total. The predicted octanol–water partition coefficient (Wildman–Crippen LogP) is 0.677. The van der Waals surface area contributed by atoms with Gasteiger partial charge in [0.25, 0.3) is 22.2 Å². The summed E-state index contributed by atoms with van der Waals surface area (Å²) in [6, 6.07) is 0. The molecule has 16 N–H and O–H groups in total. The van der Waals surface area contributed by atoms with E-state index in [0.29, 0.717) is 16.7 Å². The Balaban J connectivity index is 0.664. The van der Waals surface area contributed by atoms with Crippen molar-refractivity contribution >= 4 is 148 Å². The topological polar surface area (TPSA) is 734 Å². The summed E-state index contributed by atoms with van der Waals surface area (Å²) in [7, 11) is 1.08. The molecule has 778 valence electrons. The van der Waals surface area contributed by atoms with Crippen molar-refractivity contribution in [2.45, 2.75) is 229 Å². The molecule has 7 saturated heterocycles. The van der Waals surface area contributed by atoms with E-state index in [2.05, 4.69) is 47.1 Å². The largest absolute Gasteiger partial charge is 0.386 e. The van der Waals surface area contributed by atoms with E-state index >= 15 is 0 Å². The Hall–Kier alpha value is -5.84. The van der Waals surface area contributed by atoms with Crippen molar-refractivity contribution in [3.05, 3.63) is 197 Å². The second-order valence-corrected chi connectivity index (χ2v) is 53.1. The van der Waals surface area contributed by atoms with Crippen LogP contribution in [0.4, 0.5) is 17.5 Å². The number of aryl methyl sites for hydroxylation is 7. The van der Waals surface area contributed by atoms with Crippen LogP contribution < -0.4 is 79.3 Å². The highest BCUT2D eigenvalue weighted by Crippen LogP contribution is 2.60. The molecule has 7 aliphatic rings. The van der Waals surface area contributed by atoms with Gasteiger partial charge in [0.05, 0.1) is 82.4 Å². The van der Waals surface area contributed by atoms with Crippen molar-refractivity contribution in [3.8, 4) is 0 Å². The first kappa shape index (κ1) is 111. The number of hydrogen-bond donors (Lipinski definition) is 14. The maximum Gasteiger partial charge on any atom is 0.386 e. The second-order valence-electron chi connectivity index (χ2n) is 33.4. The number of nitrogens with one attached hydrogen (secondary N) is 4. The third-order valence-corrected chi connectivity index (χ3v) is 34.5. The predicted molar refractivity (Wildman–Crippen MR) is 515 cm³/mol. The summed E-state index contributed by atoms with van der Waals surface area (Å²) in [6.45, 7) is -24.8. The van der Waals surface area contributed by atoms with Crippen LogP contribution in [0.25, 0.3) is 0 Å². The minimum Gasteiger partial charge on any atom is -0.383 e. The fourth-order valence-corrected chi connectivity index (χ4v) is 25.8. The van der Waals surface area contributed by atoms with Crippen LogP contribution in [-0.2, 0) is 172 Å². The first-order chi connectivity index (χ1) is 65.9. The number of rotatable bonds is 40. The summed E-state index contributed by atoms with van der Waals surface area (Å²) in [6.07, 6.45) is -21.5. The number of hydrogen-bond acceptors (Lipinski definition) is 45. The Labute approximate surface area is 830 Å². The van der Waals surface area contributed by atoms with Crippen LogP contribution in [0.2, 0.25) is 0 Å². The number of H-pyrrole nitrogens is 4. The zero-order chi connectivity index (χ0) is 103. The van der Waals surface area contributed by atoms with Crippen LogP contribution in [0.5, 0.6) is 0 Å². The number of anilines is 3. The molecule has 0 spiro atoms. The monoisotopic (exact) mass is 2250 g/mol. The highest BCUT2D eigenvalue weighted by Gasteiger charge is 2.52. The normalized spacial score (nSPS) is 29.9. The average Bonchev–Trinajstić information content (AvgIpc) is 1.66. The smallest absolute Gasteiger partial charge is 0.383 e. The van der Waals surface area contributed by atoms with Gasteiger partial charge >= 0.3 is 86.9 Å². The number of nitrogens with two attached hydrogens (primary N) is 3. The molecular formula is C71H98N17O39P7S7. The summed E-state index contributed by atoms with van der Waals surface area (Å²) < 4.78 is 148. The highest BCUT2D eigenvalue weighted by molar-refractivity contribution is 8.44. The Kier molecular flexibility index (Phi) is 35.0. The molecule has 70 heteroatoms. The third-order valence-electron chi connectivity index (χ3n) is 23.2.